The van der Waals surface area contributed by atoms with Gasteiger partial charge in [-0.3, -0.25) is 0 Å². The zero-order valence-corrected chi connectivity index (χ0v) is 14.4. The average molecular weight is 330 g/mol. The Morgan fingerprint density at radius 2 is 2.21 bits per heavy atom. The molecular weight excluding hydrogens is 304 g/mol. The number of aromatic nitrogens is 2. The summed E-state index contributed by atoms with van der Waals surface area (Å²) in [6.07, 6.45) is 9.46. The predicted octanol–water partition coefficient (Wildman–Crippen LogP) is 2.52. The van der Waals surface area contributed by atoms with Gasteiger partial charge in [0, 0.05) is 24.0 Å². The second-order valence-electron chi connectivity index (χ2n) is 7.37. The number of fused-ring (bicyclic) bond motifs is 1. The predicted molar refractivity (Wildman–Crippen MR) is 89.7 cm³/mol. The molecule has 0 bridgehead atoms. The molecule has 6 nitrogen and oxygen atoms in total. The van der Waals surface area contributed by atoms with E-state index in [1.165, 1.54) is 12.8 Å². The molecule has 2 aliphatic carbocycles. The molecule has 2 amide bonds. The lowest BCUT2D eigenvalue weighted by Crippen LogP contribution is -2.55. The van der Waals surface area contributed by atoms with Crippen LogP contribution < -0.4 is 5.32 Å². The molecule has 1 saturated carbocycles. The highest BCUT2D eigenvalue weighted by molar-refractivity contribution is 5.75. The molecule has 2 heterocycles. The first-order valence-corrected chi connectivity index (χ1v) is 9.17. The van der Waals surface area contributed by atoms with E-state index in [-0.39, 0.29) is 17.7 Å². The van der Waals surface area contributed by atoms with Crippen molar-refractivity contribution in [3.8, 4) is 0 Å². The Kier molecular flexibility index (Phi) is 4.16. The van der Waals surface area contributed by atoms with Crippen LogP contribution >= 0.6 is 0 Å². The van der Waals surface area contributed by atoms with Gasteiger partial charge in [0.2, 0.25) is 0 Å². The second kappa shape index (κ2) is 6.31. The Morgan fingerprint density at radius 1 is 1.38 bits per heavy atom. The average Bonchev–Trinajstić information content (AvgIpc) is 3.02. The smallest absolute Gasteiger partial charge is 0.318 e. The number of rotatable bonds is 1. The van der Waals surface area contributed by atoms with Gasteiger partial charge in [0.15, 0.2) is 0 Å². The van der Waals surface area contributed by atoms with E-state index in [0.717, 1.165) is 55.7 Å². The van der Waals surface area contributed by atoms with E-state index in [0.29, 0.717) is 13.2 Å². The molecule has 0 unspecified atom stereocenters. The van der Waals surface area contributed by atoms with Crippen molar-refractivity contribution in [1.29, 1.82) is 0 Å². The molecule has 1 aliphatic heterocycles. The summed E-state index contributed by atoms with van der Waals surface area (Å²) < 4.78 is 6.02. The van der Waals surface area contributed by atoms with E-state index in [2.05, 4.69) is 15.3 Å². The van der Waals surface area contributed by atoms with Crippen molar-refractivity contribution < 1.29 is 9.53 Å². The third-order valence-electron chi connectivity index (χ3n) is 5.65. The van der Waals surface area contributed by atoms with Gasteiger partial charge in [-0.25, -0.2) is 14.8 Å². The summed E-state index contributed by atoms with van der Waals surface area (Å²) in [6.45, 7) is 3.97. The van der Waals surface area contributed by atoms with Gasteiger partial charge in [-0.2, -0.15) is 0 Å². The van der Waals surface area contributed by atoms with Crippen LogP contribution in [0.3, 0.4) is 0 Å². The first-order valence-electron chi connectivity index (χ1n) is 9.17. The lowest BCUT2D eigenvalue weighted by Gasteiger charge is -2.41. The van der Waals surface area contributed by atoms with Crippen molar-refractivity contribution in [3.05, 3.63) is 23.3 Å². The van der Waals surface area contributed by atoms with Crippen molar-refractivity contribution in [2.45, 2.75) is 63.5 Å². The van der Waals surface area contributed by atoms with Crippen LogP contribution in [0.5, 0.6) is 0 Å². The topological polar surface area (TPSA) is 67.4 Å². The molecule has 1 spiro atoms. The second-order valence-corrected chi connectivity index (χ2v) is 7.37. The van der Waals surface area contributed by atoms with Crippen LogP contribution in [0, 0.1) is 6.92 Å². The lowest BCUT2D eigenvalue weighted by atomic mass is 9.92. The summed E-state index contributed by atoms with van der Waals surface area (Å²) in [6, 6.07) is 0.0622. The minimum atomic E-state index is -0.0831. The highest BCUT2D eigenvalue weighted by Gasteiger charge is 2.41. The number of urea groups is 1. The van der Waals surface area contributed by atoms with Crippen LogP contribution in [-0.4, -0.2) is 46.2 Å². The molecule has 0 aromatic carbocycles. The first kappa shape index (κ1) is 15.8. The number of nitrogens with one attached hydrogen (secondary N) is 1. The normalized spacial score (nSPS) is 25.5. The molecule has 1 atom stereocenters. The van der Waals surface area contributed by atoms with E-state index in [1.807, 2.05) is 18.0 Å². The number of morpholine rings is 1. The van der Waals surface area contributed by atoms with Gasteiger partial charge >= 0.3 is 6.03 Å². The van der Waals surface area contributed by atoms with Gasteiger partial charge < -0.3 is 15.0 Å². The van der Waals surface area contributed by atoms with Gasteiger partial charge in [0.05, 0.1) is 24.8 Å². The quantitative estimate of drug-likeness (QED) is 0.859. The molecule has 24 heavy (non-hydrogen) atoms. The molecular formula is C18H26N4O2. The lowest BCUT2D eigenvalue weighted by molar-refractivity contribution is -0.0927. The van der Waals surface area contributed by atoms with Crippen LogP contribution in [0.15, 0.2) is 6.20 Å². The van der Waals surface area contributed by atoms with Crippen molar-refractivity contribution in [2.75, 3.05) is 19.7 Å². The van der Waals surface area contributed by atoms with Gasteiger partial charge in [0.25, 0.3) is 0 Å². The maximum atomic E-state index is 12.8. The van der Waals surface area contributed by atoms with Crippen molar-refractivity contribution in [3.63, 3.8) is 0 Å². The largest absolute Gasteiger partial charge is 0.371 e. The van der Waals surface area contributed by atoms with Gasteiger partial charge in [0.1, 0.15) is 5.82 Å². The van der Waals surface area contributed by atoms with Gasteiger partial charge in [-0.15, -0.1) is 0 Å². The van der Waals surface area contributed by atoms with E-state index < -0.39 is 0 Å². The third kappa shape index (κ3) is 2.99. The standard InChI is InChI=1S/C18H26N4O2/c1-13-19-11-14-15(20-13)5-4-6-16(14)21-17(23)22-9-10-24-18(12-22)7-2-3-8-18/h11,16H,2-10,12H2,1H3,(H,21,23)/t16-/m0/s1. The fourth-order valence-electron chi connectivity index (χ4n) is 4.38. The minimum Gasteiger partial charge on any atom is -0.371 e. The fraction of sp³-hybridized carbons (Fsp3) is 0.722. The Balaban J connectivity index is 1.45. The maximum Gasteiger partial charge on any atom is 0.318 e. The molecule has 1 aromatic rings. The van der Waals surface area contributed by atoms with E-state index >= 15 is 0 Å². The van der Waals surface area contributed by atoms with E-state index in [4.69, 9.17) is 4.74 Å². The number of amides is 2. The number of carbonyl (C=O) groups excluding carboxylic acids is 1. The van der Waals surface area contributed by atoms with Crippen LogP contribution in [-0.2, 0) is 11.2 Å². The summed E-state index contributed by atoms with van der Waals surface area (Å²) >= 11 is 0. The fourth-order valence-corrected chi connectivity index (χ4v) is 4.38. The number of nitrogens with zero attached hydrogens (tertiary/aromatic N) is 3. The molecule has 130 valence electrons. The van der Waals surface area contributed by atoms with Crippen LogP contribution in [0.2, 0.25) is 0 Å². The highest BCUT2D eigenvalue weighted by Crippen LogP contribution is 2.36. The maximum absolute atomic E-state index is 12.8. The molecule has 6 heteroatoms. The number of ether oxygens (including phenoxy) is 1. The minimum absolute atomic E-state index is 0.0306. The summed E-state index contributed by atoms with van der Waals surface area (Å²) in [5.41, 5.74) is 2.10. The monoisotopic (exact) mass is 330 g/mol. The Bertz CT molecular complexity index is 627. The molecule has 3 aliphatic rings. The molecule has 0 radical (unpaired) electrons. The number of aryl methyl sites for hydroxylation is 2. The first-order chi connectivity index (χ1) is 11.7. The molecule has 1 N–H and O–H groups in total. The Morgan fingerprint density at radius 3 is 3.04 bits per heavy atom. The van der Waals surface area contributed by atoms with Crippen molar-refractivity contribution in [1.82, 2.24) is 20.2 Å². The van der Waals surface area contributed by atoms with Crippen molar-refractivity contribution >= 4 is 6.03 Å². The van der Waals surface area contributed by atoms with Crippen LogP contribution in [0.1, 0.15) is 61.6 Å². The molecule has 2 fully saturated rings. The van der Waals surface area contributed by atoms with E-state index in [9.17, 15) is 4.79 Å². The number of carbonyl (C=O) groups is 1. The van der Waals surface area contributed by atoms with E-state index in [1.54, 1.807) is 0 Å². The summed E-state index contributed by atoms with van der Waals surface area (Å²) in [4.78, 5) is 23.6. The zero-order chi connectivity index (χ0) is 16.6. The highest BCUT2D eigenvalue weighted by atomic mass is 16.5. The van der Waals surface area contributed by atoms with Gasteiger partial charge in [-0.05, 0) is 39.0 Å². The van der Waals surface area contributed by atoms with Gasteiger partial charge in [-0.1, -0.05) is 12.8 Å². The van der Waals surface area contributed by atoms with Crippen LogP contribution in [0.25, 0.3) is 0 Å². The SMILES string of the molecule is Cc1ncc2c(n1)CCC[C@@H]2NC(=O)N1CCOC2(CCCC2)C1. The summed E-state index contributed by atoms with van der Waals surface area (Å²) in [5, 5.41) is 3.22. The summed E-state index contributed by atoms with van der Waals surface area (Å²) in [5.74, 6) is 0.803. The molecule has 1 aromatic heterocycles. The van der Waals surface area contributed by atoms with Crippen LogP contribution in [0.4, 0.5) is 4.79 Å². The Labute approximate surface area is 143 Å². The number of hydrogen-bond acceptors (Lipinski definition) is 4. The zero-order valence-electron chi connectivity index (χ0n) is 14.4. The Hall–Kier alpha value is -1.69. The summed E-state index contributed by atoms with van der Waals surface area (Å²) in [7, 11) is 0. The molecule has 1 saturated heterocycles. The van der Waals surface area contributed by atoms with Crippen molar-refractivity contribution in [2.24, 2.45) is 0 Å². The third-order valence-corrected chi connectivity index (χ3v) is 5.65. The molecule has 4 rings (SSSR count). The number of hydrogen-bond donors (Lipinski definition) is 1.